The van der Waals surface area contributed by atoms with Crippen molar-refractivity contribution in [2.24, 2.45) is 0 Å². The molecule has 7 nitrogen and oxygen atoms in total. The minimum Gasteiger partial charge on any atom is -0.496 e. The number of nitrogens with zero attached hydrogens (tertiary/aromatic N) is 3. The number of likely N-dealkylation sites (tertiary alicyclic amines) is 1. The van der Waals surface area contributed by atoms with Crippen molar-refractivity contribution in [1.82, 2.24) is 20.2 Å². The van der Waals surface area contributed by atoms with Gasteiger partial charge in [-0.25, -0.2) is 18.7 Å². The van der Waals surface area contributed by atoms with Crippen molar-refractivity contribution in [2.45, 2.75) is 25.3 Å². The SMILES string of the molecule is COc1cc(C(=O)N2CCC(c3nc(C(=O)NCc4ccc(F)cc4F)cs3)CC2)nc2ccccc12. The molecule has 190 valence electrons. The molecule has 37 heavy (non-hydrogen) atoms. The maximum Gasteiger partial charge on any atom is 0.272 e. The number of ether oxygens (including phenoxy) is 1. The fourth-order valence-corrected chi connectivity index (χ4v) is 5.40. The van der Waals surface area contributed by atoms with E-state index >= 15 is 0 Å². The predicted molar refractivity (Wildman–Crippen MR) is 136 cm³/mol. The summed E-state index contributed by atoms with van der Waals surface area (Å²) in [6.45, 7) is 1.03. The van der Waals surface area contributed by atoms with Crippen LogP contribution in [0.1, 0.15) is 50.3 Å². The Morgan fingerprint density at radius 1 is 1.08 bits per heavy atom. The Morgan fingerprint density at radius 3 is 2.62 bits per heavy atom. The number of carbonyl (C=O) groups excluding carboxylic acids is 2. The van der Waals surface area contributed by atoms with Gasteiger partial charge in [0.05, 0.1) is 17.6 Å². The molecule has 3 heterocycles. The fraction of sp³-hybridized carbons (Fsp3) is 0.259. The van der Waals surface area contributed by atoms with Gasteiger partial charge >= 0.3 is 0 Å². The molecule has 0 radical (unpaired) electrons. The molecule has 1 saturated heterocycles. The summed E-state index contributed by atoms with van der Waals surface area (Å²) in [7, 11) is 1.57. The molecular formula is C27H24F2N4O3S. The van der Waals surface area contributed by atoms with Gasteiger partial charge in [0.25, 0.3) is 11.8 Å². The molecular weight excluding hydrogens is 498 g/mol. The van der Waals surface area contributed by atoms with E-state index < -0.39 is 17.5 Å². The van der Waals surface area contributed by atoms with Gasteiger partial charge in [0.15, 0.2) is 0 Å². The zero-order valence-corrected chi connectivity index (χ0v) is 20.9. The first-order valence-electron chi connectivity index (χ1n) is 11.8. The molecule has 0 unspecified atom stereocenters. The highest BCUT2D eigenvalue weighted by atomic mass is 32.1. The average Bonchev–Trinajstić information content (AvgIpc) is 3.42. The average molecular weight is 523 g/mol. The van der Waals surface area contributed by atoms with Crippen LogP contribution in [0.15, 0.2) is 53.9 Å². The van der Waals surface area contributed by atoms with Crippen LogP contribution >= 0.6 is 11.3 Å². The maximum absolute atomic E-state index is 13.8. The highest BCUT2D eigenvalue weighted by molar-refractivity contribution is 7.09. The van der Waals surface area contributed by atoms with Crippen LogP contribution < -0.4 is 10.1 Å². The van der Waals surface area contributed by atoms with E-state index in [4.69, 9.17) is 4.74 Å². The van der Waals surface area contributed by atoms with Crippen molar-refractivity contribution in [3.63, 3.8) is 0 Å². The Balaban J connectivity index is 1.19. The summed E-state index contributed by atoms with van der Waals surface area (Å²) in [6, 6.07) is 12.4. The minimum absolute atomic E-state index is 0.0636. The van der Waals surface area contributed by atoms with E-state index in [0.29, 0.717) is 42.9 Å². The number of hydrogen-bond donors (Lipinski definition) is 1. The number of amides is 2. The van der Waals surface area contributed by atoms with Crippen LogP contribution in [-0.2, 0) is 6.54 Å². The Kier molecular flexibility index (Phi) is 7.09. The molecule has 4 aromatic rings. The van der Waals surface area contributed by atoms with Crippen molar-refractivity contribution < 1.29 is 23.1 Å². The smallest absolute Gasteiger partial charge is 0.272 e. The van der Waals surface area contributed by atoms with Gasteiger partial charge in [-0.2, -0.15) is 0 Å². The number of pyridine rings is 1. The van der Waals surface area contributed by atoms with Crippen LogP contribution in [0.4, 0.5) is 8.78 Å². The molecule has 0 atom stereocenters. The number of fused-ring (bicyclic) bond motifs is 1. The third-order valence-electron chi connectivity index (χ3n) is 6.46. The van der Waals surface area contributed by atoms with Gasteiger partial charge in [-0.3, -0.25) is 9.59 Å². The topological polar surface area (TPSA) is 84.4 Å². The zero-order chi connectivity index (χ0) is 25.9. The first kappa shape index (κ1) is 24.8. The van der Waals surface area contributed by atoms with Crippen molar-refractivity contribution >= 4 is 34.1 Å². The van der Waals surface area contributed by atoms with E-state index in [1.165, 1.54) is 17.4 Å². The molecule has 1 N–H and O–H groups in total. The van der Waals surface area contributed by atoms with Crippen molar-refractivity contribution in [3.05, 3.63) is 87.5 Å². The van der Waals surface area contributed by atoms with Gasteiger partial charge < -0.3 is 15.0 Å². The lowest BCUT2D eigenvalue weighted by Gasteiger charge is -2.31. The van der Waals surface area contributed by atoms with Gasteiger partial charge in [-0.1, -0.05) is 18.2 Å². The first-order chi connectivity index (χ1) is 17.9. The monoisotopic (exact) mass is 522 g/mol. The molecule has 2 aromatic heterocycles. The fourth-order valence-electron chi connectivity index (χ4n) is 4.42. The summed E-state index contributed by atoms with van der Waals surface area (Å²) in [6.07, 6.45) is 1.43. The van der Waals surface area contributed by atoms with Crippen LogP contribution in [0.5, 0.6) is 5.75 Å². The van der Waals surface area contributed by atoms with Crippen molar-refractivity contribution in [2.75, 3.05) is 20.2 Å². The van der Waals surface area contributed by atoms with Gasteiger partial charge in [-0.15, -0.1) is 11.3 Å². The molecule has 0 spiro atoms. The number of piperidine rings is 1. The summed E-state index contributed by atoms with van der Waals surface area (Å²) in [5.41, 5.74) is 1.50. The highest BCUT2D eigenvalue weighted by Gasteiger charge is 2.28. The van der Waals surface area contributed by atoms with Crippen LogP contribution in [0.3, 0.4) is 0 Å². The molecule has 0 bridgehead atoms. The van der Waals surface area contributed by atoms with Crippen LogP contribution in [-0.4, -0.2) is 46.9 Å². The van der Waals surface area contributed by atoms with Gasteiger partial charge in [-0.05, 0) is 31.0 Å². The second kappa shape index (κ2) is 10.6. The van der Waals surface area contributed by atoms with E-state index in [1.807, 2.05) is 24.3 Å². The Morgan fingerprint density at radius 2 is 1.86 bits per heavy atom. The number of methoxy groups -OCH3 is 1. The predicted octanol–water partition coefficient (Wildman–Crippen LogP) is 4.93. The second-order valence-electron chi connectivity index (χ2n) is 8.78. The van der Waals surface area contributed by atoms with Gasteiger partial charge in [0, 0.05) is 54.0 Å². The van der Waals surface area contributed by atoms with Crippen LogP contribution in [0, 0.1) is 11.6 Å². The number of hydrogen-bond acceptors (Lipinski definition) is 6. The number of rotatable bonds is 6. The van der Waals surface area contributed by atoms with Gasteiger partial charge in [0.1, 0.15) is 28.8 Å². The molecule has 10 heteroatoms. The van der Waals surface area contributed by atoms with Crippen molar-refractivity contribution in [1.29, 1.82) is 0 Å². The number of nitrogens with one attached hydrogen (secondary N) is 1. The molecule has 0 aliphatic carbocycles. The Hall–Kier alpha value is -3.92. The standard InChI is InChI=1S/C27H24F2N4O3S/c1-36-24-13-22(31-21-5-3-2-4-19(21)24)27(35)33-10-8-16(9-11-33)26-32-23(15-37-26)25(34)30-14-17-6-7-18(28)12-20(17)29/h2-7,12-13,15-16H,8-11,14H2,1H3,(H,30,34). The molecule has 2 amide bonds. The first-order valence-corrected chi connectivity index (χ1v) is 12.7. The number of halogens is 2. The maximum atomic E-state index is 13.8. The summed E-state index contributed by atoms with van der Waals surface area (Å²) < 4.78 is 32.3. The largest absolute Gasteiger partial charge is 0.496 e. The zero-order valence-electron chi connectivity index (χ0n) is 20.0. The summed E-state index contributed by atoms with van der Waals surface area (Å²) in [5, 5.41) is 5.98. The highest BCUT2D eigenvalue weighted by Crippen LogP contribution is 2.32. The number of aromatic nitrogens is 2. The molecule has 2 aromatic carbocycles. The molecule has 0 saturated carbocycles. The Bertz CT molecular complexity index is 1470. The number of para-hydroxylation sites is 1. The summed E-state index contributed by atoms with van der Waals surface area (Å²) >= 11 is 1.40. The summed E-state index contributed by atoms with van der Waals surface area (Å²) in [4.78, 5) is 36.5. The number of carbonyl (C=O) groups is 2. The molecule has 5 rings (SSSR count). The third-order valence-corrected chi connectivity index (χ3v) is 7.46. The lowest BCUT2D eigenvalue weighted by molar-refractivity contribution is 0.0707. The molecule has 1 aliphatic rings. The quantitative estimate of drug-likeness (QED) is 0.388. The van der Waals surface area contributed by atoms with Crippen LogP contribution in [0.2, 0.25) is 0 Å². The van der Waals surface area contributed by atoms with Gasteiger partial charge in [0.2, 0.25) is 0 Å². The van der Waals surface area contributed by atoms with E-state index in [1.54, 1.807) is 23.5 Å². The van der Waals surface area contributed by atoms with E-state index in [2.05, 4.69) is 15.3 Å². The van der Waals surface area contributed by atoms with Crippen LogP contribution in [0.25, 0.3) is 10.9 Å². The Labute approximate surface area is 216 Å². The number of benzene rings is 2. The van der Waals surface area contributed by atoms with E-state index in [-0.39, 0.29) is 29.6 Å². The lowest BCUT2D eigenvalue weighted by Crippen LogP contribution is -2.38. The van der Waals surface area contributed by atoms with Crippen molar-refractivity contribution in [3.8, 4) is 5.75 Å². The minimum atomic E-state index is -0.710. The summed E-state index contributed by atoms with van der Waals surface area (Å²) in [5.74, 6) is -1.20. The second-order valence-corrected chi connectivity index (χ2v) is 9.67. The van der Waals surface area contributed by atoms with E-state index in [9.17, 15) is 18.4 Å². The lowest BCUT2D eigenvalue weighted by atomic mass is 9.97. The normalized spacial score (nSPS) is 14.1. The molecule has 1 aliphatic heterocycles. The third kappa shape index (κ3) is 5.29. The molecule has 1 fully saturated rings. The van der Waals surface area contributed by atoms with E-state index in [0.717, 1.165) is 22.5 Å². The number of thiazole rings is 1.